The van der Waals surface area contributed by atoms with Crippen LogP contribution in [0.5, 0.6) is 0 Å². The number of carbonyl (C=O) groups is 2. The summed E-state index contributed by atoms with van der Waals surface area (Å²) >= 11 is 0. The molecule has 184 valence electrons. The summed E-state index contributed by atoms with van der Waals surface area (Å²) < 4.78 is 33.1. The largest absolute Gasteiger partial charge is 0.385 e. The monoisotopic (exact) mass is 495 g/mol. The SMILES string of the molecule is COCCCNC(=O)c1ccccc1NC(=O)CN(c1ccccc1C)S(=O)(=O)c1ccccc1. The van der Waals surface area contributed by atoms with Gasteiger partial charge in [0, 0.05) is 20.3 Å². The molecule has 0 spiro atoms. The van der Waals surface area contributed by atoms with Crippen LogP contribution >= 0.6 is 0 Å². The maximum atomic E-state index is 13.5. The lowest BCUT2D eigenvalue weighted by Gasteiger charge is -2.25. The molecule has 3 aromatic carbocycles. The van der Waals surface area contributed by atoms with Crippen molar-refractivity contribution in [2.24, 2.45) is 0 Å². The molecule has 0 bridgehead atoms. The number of sulfonamides is 1. The summed E-state index contributed by atoms with van der Waals surface area (Å²) in [6.07, 6.45) is 0.652. The Kier molecular flexibility index (Phi) is 8.99. The van der Waals surface area contributed by atoms with E-state index in [-0.39, 0.29) is 16.4 Å². The van der Waals surface area contributed by atoms with Crippen LogP contribution in [0.25, 0.3) is 0 Å². The number of hydrogen-bond donors (Lipinski definition) is 2. The average Bonchev–Trinajstić information content (AvgIpc) is 2.86. The van der Waals surface area contributed by atoms with E-state index in [1.807, 2.05) is 0 Å². The van der Waals surface area contributed by atoms with Crippen LogP contribution in [0.3, 0.4) is 0 Å². The van der Waals surface area contributed by atoms with Crippen LogP contribution in [0.4, 0.5) is 11.4 Å². The number of para-hydroxylation sites is 2. The highest BCUT2D eigenvalue weighted by atomic mass is 32.2. The summed E-state index contributed by atoms with van der Waals surface area (Å²) in [5.41, 5.74) is 1.68. The average molecular weight is 496 g/mol. The van der Waals surface area contributed by atoms with Gasteiger partial charge in [0.15, 0.2) is 0 Å². The Morgan fingerprint density at radius 1 is 0.914 bits per heavy atom. The third kappa shape index (κ3) is 6.68. The highest BCUT2D eigenvalue weighted by molar-refractivity contribution is 7.92. The Labute approximate surface area is 206 Å². The number of methoxy groups -OCH3 is 1. The maximum absolute atomic E-state index is 13.5. The van der Waals surface area contributed by atoms with Crippen molar-refractivity contribution < 1.29 is 22.7 Å². The lowest BCUT2D eigenvalue weighted by atomic mass is 10.1. The molecule has 2 amide bonds. The standard InChI is InChI=1S/C26H29N3O5S/c1-20-11-6-9-16-24(20)29(35(32,33)21-12-4-3-5-13-21)19-25(30)28-23-15-8-7-14-22(23)26(31)27-17-10-18-34-2/h3-9,11-16H,10,17-19H2,1-2H3,(H,27,31)(H,28,30). The van der Waals surface area contributed by atoms with Gasteiger partial charge in [0.25, 0.3) is 15.9 Å². The van der Waals surface area contributed by atoms with E-state index in [0.717, 1.165) is 4.31 Å². The van der Waals surface area contributed by atoms with Crippen molar-refractivity contribution in [3.05, 3.63) is 90.0 Å². The molecular formula is C26H29N3O5S. The molecule has 3 rings (SSSR count). The van der Waals surface area contributed by atoms with E-state index in [2.05, 4.69) is 10.6 Å². The number of benzene rings is 3. The van der Waals surface area contributed by atoms with Crippen molar-refractivity contribution in [2.45, 2.75) is 18.2 Å². The lowest BCUT2D eigenvalue weighted by Crippen LogP contribution is -2.39. The van der Waals surface area contributed by atoms with Crippen molar-refractivity contribution >= 4 is 33.2 Å². The molecule has 35 heavy (non-hydrogen) atoms. The molecule has 0 aromatic heterocycles. The van der Waals surface area contributed by atoms with Gasteiger partial charge in [0.2, 0.25) is 5.91 Å². The molecule has 3 aromatic rings. The summed E-state index contributed by atoms with van der Waals surface area (Å²) in [7, 11) is -2.44. The Morgan fingerprint density at radius 3 is 2.29 bits per heavy atom. The number of rotatable bonds is 11. The molecule has 8 nitrogen and oxygen atoms in total. The molecule has 0 saturated heterocycles. The molecule has 0 atom stereocenters. The van der Waals surface area contributed by atoms with E-state index in [1.54, 1.807) is 80.8 Å². The predicted octanol–water partition coefficient (Wildman–Crippen LogP) is 3.60. The van der Waals surface area contributed by atoms with Crippen LogP contribution in [-0.2, 0) is 19.6 Å². The Bertz CT molecular complexity index is 1260. The van der Waals surface area contributed by atoms with E-state index in [0.29, 0.717) is 36.5 Å². The number of hydrogen-bond acceptors (Lipinski definition) is 5. The van der Waals surface area contributed by atoms with Gasteiger partial charge < -0.3 is 15.4 Å². The normalized spacial score (nSPS) is 11.0. The summed E-state index contributed by atoms with van der Waals surface area (Å²) in [6, 6.07) is 21.5. The van der Waals surface area contributed by atoms with E-state index in [1.165, 1.54) is 12.1 Å². The second kappa shape index (κ2) is 12.1. The van der Waals surface area contributed by atoms with Crippen molar-refractivity contribution in [3.8, 4) is 0 Å². The van der Waals surface area contributed by atoms with E-state index in [4.69, 9.17) is 4.74 Å². The maximum Gasteiger partial charge on any atom is 0.264 e. The van der Waals surface area contributed by atoms with Crippen LogP contribution in [0, 0.1) is 6.92 Å². The minimum atomic E-state index is -4.03. The van der Waals surface area contributed by atoms with Crippen molar-refractivity contribution in [1.29, 1.82) is 0 Å². The number of ether oxygens (including phenoxy) is 1. The minimum absolute atomic E-state index is 0.0758. The number of aryl methyl sites for hydroxylation is 1. The Morgan fingerprint density at radius 2 is 1.57 bits per heavy atom. The third-order valence-electron chi connectivity index (χ3n) is 5.26. The van der Waals surface area contributed by atoms with Gasteiger partial charge in [0.05, 0.1) is 21.8 Å². The fourth-order valence-corrected chi connectivity index (χ4v) is 4.99. The molecule has 2 N–H and O–H groups in total. The first-order valence-electron chi connectivity index (χ1n) is 11.1. The van der Waals surface area contributed by atoms with Crippen LogP contribution in [0.2, 0.25) is 0 Å². The molecule has 0 aliphatic heterocycles. The summed E-state index contributed by atoms with van der Waals surface area (Å²) in [5.74, 6) is -0.919. The summed E-state index contributed by atoms with van der Waals surface area (Å²) in [6.45, 7) is 2.25. The number of nitrogens with zero attached hydrogens (tertiary/aromatic N) is 1. The van der Waals surface area contributed by atoms with Crippen LogP contribution < -0.4 is 14.9 Å². The van der Waals surface area contributed by atoms with Gasteiger partial charge in [-0.2, -0.15) is 0 Å². The molecule has 0 aliphatic carbocycles. The Hall–Kier alpha value is -3.69. The van der Waals surface area contributed by atoms with Gasteiger partial charge in [-0.15, -0.1) is 0 Å². The number of nitrogens with one attached hydrogen (secondary N) is 2. The smallest absolute Gasteiger partial charge is 0.264 e. The minimum Gasteiger partial charge on any atom is -0.385 e. The molecule has 0 heterocycles. The van der Waals surface area contributed by atoms with Gasteiger partial charge in [-0.05, 0) is 49.2 Å². The van der Waals surface area contributed by atoms with E-state index >= 15 is 0 Å². The fourth-order valence-electron chi connectivity index (χ4n) is 3.49. The highest BCUT2D eigenvalue weighted by Crippen LogP contribution is 2.27. The zero-order chi connectivity index (χ0) is 25.3. The zero-order valence-electron chi connectivity index (χ0n) is 19.7. The second-order valence-electron chi connectivity index (χ2n) is 7.81. The van der Waals surface area contributed by atoms with Crippen molar-refractivity contribution in [2.75, 3.05) is 36.4 Å². The van der Waals surface area contributed by atoms with Gasteiger partial charge in [-0.25, -0.2) is 8.42 Å². The predicted molar refractivity (Wildman–Crippen MR) is 136 cm³/mol. The second-order valence-corrected chi connectivity index (χ2v) is 9.67. The molecule has 0 saturated carbocycles. The van der Waals surface area contributed by atoms with Crippen LogP contribution in [0.1, 0.15) is 22.3 Å². The third-order valence-corrected chi connectivity index (χ3v) is 7.03. The number of carbonyl (C=O) groups excluding carboxylic acids is 2. The summed E-state index contributed by atoms with van der Waals surface area (Å²) in [5, 5.41) is 5.50. The zero-order valence-corrected chi connectivity index (χ0v) is 20.5. The summed E-state index contributed by atoms with van der Waals surface area (Å²) in [4.78, 5) is 25.8. The van der Waals surface area contributed by atoms with Gasteiger partial charge in [-0.3, -0.25) is 13.9 Å². The lowest BCUT2D eigenvalue weighted by molar-refractivity contribution is -0.114. The molecular weight excluding hydrogens is 466 g/mol. The fraction of sp³-hybridized carbons (Fsp3) is 0.231. The van der Waals surface area contributed by atoms with E-state index in [9.17, 15) is 18.0 Å². The quantitative estimate of drug-likeness (QED) is 0.396. The first-order chi connectivity index (χ1) is 16.8. The first-order valence-corrected chi connectivity index (χ1v) is 12.6. The Balaban J connectivity index is 1.85. The van der Waals surface area contributed by atoms with E-state index < -0.39 is 22.5 Å². The molecule has 0 unspecified atom stereocenters. The van der Waals surface area contributed by atoms with Gasteiger partial charge in [0.1, 0.15) is 6.54 Å². The van der Waals surface area contributed by atoms with Gasteiger partial charge >= 0.3 is 0 Å². The van der Waals surface area contributed by atoms with Crippen molar-refractivity contribution in [3.63, 3.8) is 0 Å². The molecule has 9 heteroatoms. The topological polar surface area (TPSA) is 105 Å². The molecule has 0 aliphatic rings. The molecule has 0 radical (unpaired) electrons. The van der Waals surface area contributed by atoms with Gasteiger partial charge in [-0.1, -0.05) is 48.5 Å². The highest BCUT2D eigenvalue weighted by Gasteiger charge is 2.28. The first kappa shape index (κ1) is 25.9. The van der Waals surface area contributed by atoms with Crippen LogP contribution in [0.15, 0.2) is 83.8 Å². The molecule has 0 fully saturated rings. The van der Waals surface area contributed by atoms with Crippen molar-refractivity contribution in [1.82, 2.24) is 5.32 Å². The van der Waals surface area contributed by atoms with Crippen LogP contribution in [-0.4, -0.2) is 47.0 Å². The number of anilines is 2. The number of amides is 2.